The minimum Gasteiger partial charge on any atom is -0.308 e. The van der Waals surface area contributed by atoms with Crippen LogP contribution in [0.3, 0.4) is 0 Å². The van der Waals surface area contributed by atoms with Gasteiger partial charge in [0.05, 0.1) is 0 Å². The molecule has 3 amide bonds. The van der Waals surface area contributed by atoms with Gasteiger partial charge in [0.15, 0.2) is 5.54 Å². The summed E-state index contributed by atoms with van der Waals surface area (Å²) in [4.78, 5) is 32.0. The Morgan fingerprint density at radius 1 is 1.00 bits per heavy atom. The van der Waals surface area contributed by atoms with Crippen LogP contribution in [0.2, 0.25) is 0 Å². The van der Waals surface area contributed by atoms with E-state index in [2.05, 4.69) is 6.07 Å². The number of amides is 3. The first kappa shape index (κ1) is 16.8. The van der Waals surface area contributed by atoms with Gasteiger partial charge in [-0.3, -0.25) is 9.69 Å². The lowest BCUT2D eigenvalue weighted by Gasteiger charge is -2.41. The first-order valence-corrected chi connectivity index (χ1v) is 8.99. The zero-order chi connectivity index (χ0) is 18.3. The number of carbonyl (C=O) groups excluding carboxylic acids is 2. The molecule has 0 bridgehead atoms. The van der Waals surface area contributed by atoms with Crippen molar-refractivity contribution in [2.24, 2.45) is 0 Å². The zero-order valence-corrected chi connectivity index (χ0v) is 15.2. The summed E-state index contributed by atoms with van der Waals surface area (Å²) in [6, 6.07) is 17.5. The lowest BCUT2D eigenvalue weighted by Crippen LogP contribution is -2.51. The summed E-state index contributed by atoms with van der Waals surface area (Å²) < 4.78 is 0. The van der Waals surface area contributed by atoms with Crippen molar-refractivity contribution in [3.8, 4) is 0 Å². The summed E-state index contributed by atoms with van der Waals surface area (Å²) >= 11 is 0. The van der Waals surface area contributed by atoms with Gasteiger partial charge in [-0.15, -0.1) is 0 Å². The van der Waals surface area contributed by atoms with Crippen LogP contribution in [0, 0.1) is 0 Å². The topological polar surface area (TPSA) is 43.9 Å². The van der Waals surface area contributed by atoms with Gasteiger partial charge in [0.2, 0.25) is 0 Å². The normalized spacial score (nSPS) is 22.0. The quantitative estimate of drug-likeness (QED) is 0.796. The predicted octanol–water partition coefficient (Wildman–Crippen LogP) is 2.31. The molecule has 1 fully saturated rings. The van der Waals surface area contributed by atoms with Gasteiger partial charge >= 0.3 is 6.03 Å². The molecule has 134 valence electrons. The SMILES string of the molecule is CN(C)CCN1C(=O)N2CCc3ccccc3C2(c2ccccc2)C1=O. The monoisotopic (exact) mass is 349 g/mol. The lowest BCUT2D eigenvalue weighted by molar-refractivity contribution is -0.132. The smallest absolute Gasteiger partial charge is 0.308 e. The molecule has 2 aliphatic heterocycles. The Hall–Kier alpha value is -2.66. The maximum atomic E-state index is 13.7. The molecule has 0 saturated carbocycles. The fourth-order valence-corrected chi connectivity index (χ4v) is 4.15. The Balaban J connectivity index is 1.91. The number of nitrogens with zero attached hydrogens (tertiary/aromatic N) is 3. The third kappa shape index (κ3) is 2.27. The molecule has 0 N–H and O–H groups in total. The van der Waals surface area contributed by atoms with Crippen LogP contribution >= 0.6 is 0 Å². The summed E-state index contributed by atoms with van der Waals surface area (Å²) in [5, 5.41) is 0. The second kappa shape index (κ2) is 6.25. The van der Waals surface area contributed by atoms with Crippen LogP contribution in [-0.2, 0) is 16.8 Å². The van der Waals surface area contributed by atoms with Crippen LogP contribution in [0.1, 0.15) is 16.7 Å². The van der Waals surface area contributed by atoms with Crippen molar-refractivity contribution < 1.29 is 9.59 Å². The van der Waals surface area contributed by atoms with Crippen molar-refractivity contribution in [2.45, 2.75) is 12.0 Å². The largest absolute Gasteiger partial charge is 0.328 e. The highest BCUT2D eigenvalue weighted by Gasteiger charge is 2.60. The minimum absolute atomic E-state index is 0.136. The Kier molecular flexibility index (Phi) is 4.04. The third-order valence-corrected chi connectivity index (χ3v) is 5.40. The van der Waals surface area contributed by atoms with Gasteiger partial charge in [-0.2, -0.15) is 0 Å². The van der Waals surface area contributed by atoms with Gasteiger partial charge in [-0.05, 0) is 37.2 Å². The zero-order valence-electron chi connectivity index (χ0n) is 15.2. The molecule has 2 aromatic rings. The molecule has 5 nitrogen and oxygen atoms in total. The van der Waals surface area contributed by atoms with Gasteiger partial charge in [0.1, 0.15) is 0 Å². The number of hydrogen-bond donors (Lipinski definition) is 0. The molecule has 0 aliphatic carbocycles. The van der Waals surface area contributed by atoms with Gasteiger partial charge in [-0.25, -0.2) is 4.79 Å². The Morgan fingerprint density at radius 3 is 2.42 bits per heavy atom. The predicted molar refractivity (Wildman–Crippen MR) is 99.7 cm³/mol. The first-order valence-electron chi connectivity index (χ1n) is 8.99. The molecule has 5 heteroatoms. The molecule has 0 spiro atoms. The average molecular weight is 349 g/mol. The van der Waals surface area contributed by atoms with Crippen LogP contribution in [0.5, 0.6) is 0 Å². The van der Waals surface area contributed by atoms with E-state index >= 15 is 0 Å². The van der Waals surface area contributed by atoms with E-state index < -0.39 is 5.54 Å². The number of rotatable bonds is 4. The molecule has 1 saturated heterocycles. The summed E-state index contributed by atoms with van der Waals surface area (Å²) in [7, 11) is 3.89. The summed E-state index contributed by atoms with van der Waals surface area (Å²) in [5.74, 6) is -0.136. The second-order valence-electron chi connectivity index (χ2n) is 7.18. The van der Waals surface area contributed by atoms with Crippen LogP contribution < -0.4 is 0 Å². The standard InChI is InChI=1S/C21H23N3O2/c1-22(2)14-15-23-19(25)21(17-9-4-3-5-10-17)18-11-7-6-8-16(18)12-13-24(21)20(23)26/h3-11H,12-15H2,1-2H3. The number of urea groups is 1. The summed E-state index contributed by atoms with van der Waals surface area (Å²) in [6.07, 6.45) is 0.769. The minimum atomic E-state index is -1.04. The van der Waals surface area contributed by atoms with E-state index in [0.717, 1.165) is 23.1 Å². The van der Waals surface area contributed by atoms with Crippen molar-refractivity contribution in [2.75, 3.05) is 33.7 Å². The van der Waals surface area contributed by atoms with E-state index in [1.807, 2.05) is 67.5 Å². The van der Waals surface area contributed by atoms with Crippen molar-refractivity contribution in [1.29, 1.82) is 0 Å². The Labute approximate surface area is 153 Å². The van der Waals surface area contributed by atoms with E-state index in [1.54, 1.807) is 4.90 Å². The lowest BCUT2D eigenvalue weighted by atomic mass is 9.76. The van der Waals surface area contributed by atoms with E-state index in [0.29, 0.717) is 19.6 Å². The molecule has 2 aliphatic rings. The van der Waals surface area contributed by atoms with Gasteiger partial charge in [0.25, 0.3) is 5.91 Å². The van der Waals surface area contributed by atoms with Gasteiger partial charge in [-0.1, -0.05) is 54.6 Å². The molecule has 1 unspecified atom stereocenters. The number of hydrogen-bond acceptors (Lipinski definition) is 3. The molecule has 4 rings (SSSR count). The van der Waals surface area contributed by atoms with E-state index in [9.17, 15) is 9.59 Å². The number of likely N-dealkylation sites (N-methyl/N-ethyl adjacent to an activating group) is 1. The van der Waals surface area contributed by atoms with E-state index in [4.69, 9.17) is 0 Å². The highest BCUT2D eigenvalue weighted by atomic mass is 16.2. The fourth-order valence-electron chi connectivity index (χ4n) is 4.15. The van der Waals surface area contributed by atoms with Crippen LogP contribution in [0.4, 0.5) is 4.79 Å². The van der Waals surface area contributed by atoms with Crippen molar-refractivity contribution >= 4 is 11.9 Å². The van der Waals surface area contributed by atoms with Crippen molar-refractivity contribution in [3.05, 3.63) is 71.3 Å². The number of benzene rings is 2. The first-order chi connectivity index (χ1) is 12.6. The number of imide groups is 1. The summed E-state index contributed by atoms with van der Waals surface area (Å²) in [6.45, 7) is 1.60. The Bertz CT molecular complexity index is 849. The number of carbonyl (C=O) groups is 2. The molecule has 1 atom stereocenters. The highest BCUT2D eigenvalue weighted by molar-refractivity contribution is 6.10. The highest BCUT2D eigenvalue weighted by Crippen LogP contribution is 2.46. The average Bonchev–Trinajstić information content (AvgIpc) is 2.88. The Morgan fingerprint density at radius 2 is 1.69 bits per heavy atom. The van der Waals surface area contributed by atoms with Crippen LogP contribution in [0.15, 0.2) is 54.6 Å². The molecule has 2 heterocycles. The van der Waals surface area contributed by atoms with Crippen molar-refractivity contribution in [3.63, 3.8) is 0 Å². The third-order valence-electron chi connectivity index (χ3n) is 5.40. The molecule has 0 radical (unpaired) electrons. The van der Waals surface area contributed by atoms with Crippen molar-refractivity contribution in [1.82, 2.24) is 14.7 Å². The second-order valence-corrected chi connectivity index (χ2v) is 7.18. The summed E-state index contributed by atoms with van der Waals surface area (Å²) in [5.41, 5.74) is 1.89. The van der Waals surface area contributed by atoms with Crippen LogP contribution in [-0.4, -0.2) is 60.4 Å². The molecule has 0 aromatic heterocycles. The van der Waals surface area contributed by atoms with E-state index in [-0.39, 0.29) is 11.9 Å². The maximum Gasteiger partial charge on any atom is 0.328 e. The molecular weight excluding hydrogens is 326 g/mol. The fraction of sp³-hybridized carbons (Fsp3) is 0.333. The van der Waals surface area contributed by atoms with Crippen LogP contribution in [0.25, 0.3) is 0 Å². The molecule has 26 heavy (non-hydrogen) atoms. The van der Waals surface area contributed by atoms with Gasteiger partial charge in [0, 0.05) is 19.6 Å². The molecule has 2 aromatic carbocycles. The maximum absolute atomic E-state index is 13.7. The van der Waals surface area contributed by atoms with E-state index in [1.165, 1.54) is 4.90 Å². The number of fused-ring (bicyclic) bond motifs is 3. The van der Waals surface area contributed by atoms with Gasteiger partial charge < -0.3 is 9.80 Å². The molecular formula is C21H23N3O2.